The number of aliphatic hydroxyl groups is 1. The molecular weight excluding hydrogens is 188 g/mol. The van der Waals surface area contributed by atoms with Crippen molar-refractivity contribution in [3.63, 3.8) is 0 Å². The predicted octanol–water partition coefficient (Wildman–Crippen LogP) is 2.63. The smallest absolute Gasteiger partial charge is 0.191 e. The highest BCUT2D eigenvalue weighted by molar-refractivity contribution is 6.00. The zero-order chi connectivity index (χ0) is 11.7. The van der Waals surface area contributed by atoms with Crippen LogP contribution >= 0.6 is 0 Å². The fourth-order valence-corrected chi connectivity index (χ4v) is 2.31. The Morgan fingerprint density at radius 1 is 1.53 bits per heavy atom. The van der Waals surface area contributed by atoms with Gasteiger partial charge in [-0.15, -0.1) is 0 Å². The van der Waals surface area contributed by atoms with Crippen LogP contribution in [-0.4, -0.2) is 16.5 Å². The monoisotopic (exact) mass is 208 g/mol. The summed E-state index contributed by atoms with van der Waals surface area (Å²) < 4.78 is 0. The molecule has 0 heterocycles. The van der Waals surface area contributed by atoms with Crippen LogP contribution in [0, 0.1) is 5.41 Å². The van der Waals surface area contributed by atoms with E-state index >= 15 is 0 Å². The maximum absolute atomic E-state index is 12.0. The lowest BCUT2D eigenvalue weighted by Crippen LogP contribution is -2.53. The van der Waals surface area contributed by atoms with Crippen molar-refractivity contribution in [2.75, 3.05) is 0 Å². The zero-order valence-electron chi connectivity index (χ0n) is 10.0. The second kappa shape index (κ2) is 3.93. The number of ketones is 1. The van der Waals surface area contributed by atoms with E-state index in [0.717, 1.165) is 18.4 Å². The summed E-state index contributed by atoms with van der Waals surface area (Å²) in [6.07, 6.45) is 6.88. The summed E-state index contributed by atoms with van der Waals surface area (Å²) in [5.41, 5.74) is -0.929. The summed E-state index contributed by atoms with van der Waals surface area (Å²) in [6, 6.07) is 0. The summed E-state index contributed by atoms with van der Waals surface area (Å²) in [5.74, 6) is -0.205. The third-order valence-electron chi connectivity index (χ3n) is 3.44. The molecule has 0 saturated heterocycles. The topological polar surface area (TPSA) is 37.3 Å². The van der Waals surface area contributed by atoms with Crippen LogP contribution in [0.1, 0.15) is 40.5 Å². The third kappa shape index (κ3) is 1.78. The number of allylic oxidation sites excluding steroid dienone is 2. The zero-order valence-corrected chi connectivity index (χ0v) is 10.0. The molecule has 0 aliphatic heterocycles. The molecule has 0 aromatic heterocycles. The fourth-order valence-electron chi connectivity index (χ4n) is 2.31. The number of hydrogen-bond donors (Lipinski definition) is 1. The van der Waals surface area contributed by atoms with Crippen LogP contribution in [0.2, 0.25) is 0 Å². The van der Waals surface area contributed by atoms with Gasteiger partial charge in [0.05, 0.1) is 0 Å². The van der Waals surface area contributed by atoms with Crippen LogP contribution in [0.15, 0.2) is 23.8 Å². The van der Waals surface area contributed by atoms with E-state index in [4.69, 9.17) is 0 Å². The van der Waals surface area contributed by atoms with E-state index in [0.29, 0.717) is 0 Å². The van der Waals surface area contributed by atoms with E-state index in [1.807, 2.05) is 26.8 Å². The van der Waals surface area contributed by atoms with E-state index < -0.39 is 5.60 Å². The van der Waals surface area contributed by atoms with Crippen molar-refractivity contribution < 1.29 is 9.90 Å². The second-order valence-corrected chi connectivity index (χ2v) is 4.88. The van der Waals surface area contributed by atoms with Gasteiger partial charge in [-0.1, -0.05) is 26.0 Å². The molecule has 1 aliphatic carbocycles. The maximum atomic E-state index is 12.0. The molecule has 1 N–H and O–H groups in total. The van der Waals surface area contributed by atoms with Gasteiger partial charge in [0, 0.05) is 5.41 Å². The molecule has 1 unspecified atom stereocenters. The molecule has 0 aromatic rings. The van der Waals surface area contributed by atoms with Crippen LogP contribution in [0.25, 0.3) is 0 Å². The van der Waals surface area contributed by atoms with Crippen molar-refractivity contribution in [2.24, 2.45) is 5.41 Å². The van der Waals surface area contributed by atoms with Gasteiger partial charge < -0.3 is 5.11 Å². The van der Waals surface area contributed by atoms with Gasteiger partial charge in [0.2, 0.25) is 0 Å². The predicted molar refractivity (Wildman–Crippen MR) is 61.5 cm³/mol. The first-order valence-corrected chi connectivity index (χ1v) is 5.43. The summed E-state index contributed by atoms with van der Waals surface area (Å²) in [5, 5.41) is 10.6. The Balaban J connectivity index is 3.21. The first kappa shape index (κ1) is 12.2. The average molecular weight is 208 g/mol. The van der Waals surface area contributed by atoms with Crippen molar-refractivity contribution >= 4 is 5.78 Å². The Kier molecular flexibility index (Phi) is 3.19. The standard InChI is InChI=1S/C13H20O2/c1-5-7-11(14)13(15)10(2)8-6-9-12(13,3)4/h5,7-8,15H,6,9H2,1-4H3. The normalized spacial score (nSPS) is 30.3. The SMILES string of the molecule is CC=CC(=O)C1(O)C(C)=CCCC1(C)C. The maximum Gasteiger partial charge on any atom is 0.191 e. The Labute approximate surface area is 91.7 Å². The lowest BCUT2D eigenvalue weighted by atomic mass is 9.63. The molecule has 2 heteroatoms. The lowest BCUT2D eigenvalue weighted by Gasteiger charge is -2.44. The third-order valence-corrected chi connectivity index (χ3v) is 3.44. The van der Waals surface area contributed by atoms with Crippen molar-refractivity contribution in [1.29, 1.82) is 0 Å². The molecule has 2 nitrogen and oxygen atoms in total. The largest absolute Gasteiger partial charge is 0.377 e. The summed E-state index contributed by atoms with van der Waals surface area (Å²) in [7, 11) is 0. The molecule has 15 heavy (non-hydrogen) atoms. The lowest BCUT2D eigenvalue weighted by molar-refractivity contribution is -0.140. The Morgan fingerprint density at radius 3 is 2.60 bits per heavy atom. The fraction of sp³-hybridized carbons (Fsp3) is 0.615. The van der Waals surface area contributed by atoms with E-state index in [-0.39, 0.29) is 11.2 Å². The number of rotatable bonds is 2. The first-order chi connectivity index (χ1) is 6.86. The quantitative estimate of drug-likeness (QED) is 0.559. The minimum atomic E-state index is -1.32. The van der Waals surface area contributed by atoms with E-state index in [1.165, 1.54) is 6.08 Å². The highest BCUT2D eigenvalue weighted by atomic mass is 16.3. The van der Waals surface area contributed by atoms with Gasteiger partial charge in [-0.05, 0) is 38.3 Å². The molecule has 0 amide bonds. The molecule has 0 aromatic carbocycles. The van der Waals surface area contributed by atoms with Crippen LogP contribution in [0.5, 0.6) is 0 Å². The van der Waals surface area contributed by atoms with Crippen LogP contribution in [-0.2, 0) is 4.79 Å². The first-order valence-electron chi connectivity index (χ1n) is 5.43. The summed E-state index contributed by atoms with van der Waals surface area (Å²) in [4.78, 5) is 12.0. The van der Waals surface area contributed by atoms with Gasteiger partial charge in [-0.2, -0.15) is 0 Å². The Hall–Kier alpha value is -0.890. The molecule has 84 valence electrons. The van der Waals surface area contributed by atoms with Gasteiger partial charge in [0.15, 0.2) is 11.4 Å². The van der Waals surface area contributed by atoms with Gasteiger partial charge >= 0.3 is 0 Å². The van der Waals surface area contributed by atoms with Crippen LogP contribution in [0.4, 0.5) is 0 Å². The minimum absolute atomic E-state index is 0.205. The van der Waals surface area contributed by atoms with Crippen molar-refractivity contribution in [1.82, 2.24) is 0 Å². The van der Waals surface area contributed by atoms with Crippen molar-refractivity contribution in [3.8, 4) is 0 Å². The number of carbonyl (C=O) groups is 1. The Morgan fingerprint density at radius 2 is 2.13 bits per heavy atom. The highest BCUT2D eigenvalue weighted by Gasteiger charge is 2.50. The van der Waals surface area contributed by atoms with Gasteiger partial charge in [0.25, 0.3) is 0 Å². The number of hydrogen-bond acceptors (Lipinski definition) is 2. The molecule has 1 rings (SSSR count). The van der Waals surface area contributed by atoms with E-state index in [9.17, 15) is 9.90 Å². The van der Waals surface area contributed by atoms with E-state index in [1.54, 1.807) is 13.0 Å². The molecule has 0 fully saturated rings. The molecule has 0 spiro atoms. The molecule has 0 radical (unpaired) electrons. The molecule has 1 aliphatic rings. The van der Waals surface area contributed by atoms with Crippen LogP contribution in [0.3, 0.4) is 0 Å². The van der Waals surface area contributed by atoms with Crippen molar-refractivity contribution in [2.45, 2.75) is 46.1 Å². The van der Waals surface area contributed by atoms with E-state index in [2.05, 4.69) is 0 Å². The molecule has 1 atom stereocenters. The minimum Gasteiger partial charge on any atom is -0.377 e. The molecule has 0 bridgehead atoms. The van der Waals surface area contributed by atoms with Gasteiger partial charge in [-0.25, -0.2) is 0 Å². The second-order valence-electron chi connectivity index (χ2n) is 4.88. The summed E-state index contributed by atoms with van der Waals surface area (Å²) >= 11 is 0. The van der Waals surface area contributed by atoms with Gasteiger partial charge in [-0.3, -0.25) is 4.79 Å². The average Bonchev–Trinajstić information content (AvgIpc) is 2.14. The molecule has 0 saturated carbocycles. The number of carbonyl (C=O) groups excluding carboxylic acids is 1. The van der Waals surface area contributed by atoms with Gasteiger partial charge in [0.1, 0.15) is 0 Å². The van der Waals surface area contributed by atoms with Crippen molar-refractivity contribution in [3.05, 3.63) is 23.8 Å². The summed E-state index contributed by atoms with van der Waals surface area (Å²) in [6.45, 7) is 7.52. The molecular formula is C13H20O2. The van der Waals surface area contributed by atoms with Crippen LogP contribution < -0.4 is 0 Å². The Bertz CT molecular complexity index is 323. The highest BCUT2D eigenvalue weighted by Crippen LogP contribution is 2.44.